The van der Waals surface area contributed by atoms with E-state index >= 15 is 0 Å². The third-order valence-corrected chi connectivity index (χ3v) is 8.82. The predicted molar refractivity (Wildman–Crippen MR) is 159 cm³/mol. The van der Waals surface area contributed by atoms with Crippen molar-refractivity contribution in [1.82, 2.24) is 29.0 Å². The van der Waals surface area contributed by atoms with Gasteiger partial charge in [0.1, 0.15) is 17.1 Å². The lowest BCUT2D eigenvalue weighted by Gasteiger charge is -2.26. The number of benzene rings is 1. The third kappa shape index (κ3) is 7.72. The quantitative estimate of drug-likeness (QED) is 0.213. The van der Waals surface area contributed by atoms with E-state index in [1.165, 1.54) is 16.4 Å². The van der Waals surface area contributed by atoms with Gasteiger partial charge in [-0.1, -0.05) is 27.2 Å². The molecule has 1 aromatic carbocycles. The number of H-pyrrole nitrogens is 1. The van der Waals surface area contributed by atoms with Crippen molar-refractivity contribution >= 4 is 21.1 Å². The molecule has 0 fully saturated rings. The van der Waals surface area contributed by atoms with Gasteiger partial charge in [0.2, 0.25) is 10.0 Å². The number of aromatic amines is 1. The number of aliphatic hydroxyl groups excluding tert-OH is 1. The van der Waals surface area contributed by atoms with Crippen LogP contribution in [0.4, 0.5) is 0 Å². The van der Waals surface area contributed by atoms with Gasteiger partial charge in [-0.3, -0.25) is 9.48 Å². The van der Waals surface area contributed by atoms with Gasteiger partial charge in [-0.15, -0.1) is 0 Å². The second-order valence-corrected chi connectivity index (χ2v) is 11.4. The zero-order chi connectivity index (χ0) is 30.0. The van der Waals surface area contributed by atoms with Crippen LogP contribution in [0.3, 0.4) is 0 Å². The maximum Gasteiger partial charge on any atom is 0.277 e. The minimum atomic E-state index is -3.87. The highest BCUT2D eigenvalue weighted by Gasteiger charge is 2.26. The zero-order valence-corrected chi connectivity index (χ0v) is 25.7. The summed E-state index contributed by atoms with van der Waals surface area (Å²) in [5.74, 6) is 0.663. The summed E-state index contributed by atoms with van der Waals surface area (Å²) in [6.07, 6.45) is 1.51. The van der Waals surface area contributed by atoms with E-state index in [0.717, 1.165) is 18.7 Å². The molecule has 3 aromatic rings. The molecule has 0 radical (unpaired) electrons. The van der Waals surface area contributed by atoms with Gasteiger partial charge in [-0.05, 0) is 45.0 Å². The van der Waals surface area contributed by atoms with Crippen molar-refractivity contribution in [3.63, 3.8) is 0 Å². The number of ether oxygens (including phenoxy) is 2. The molecule has 2 N–H and O–H groups in total. The molecule has 0 aliphatic carbocycles. The number of hydrogen-bond acceptors (Lipinski definition) is 9. The summed E-state index contributed by atoms with van der Waals surface area (Å²) >= 11 is 0. The highest BCUT2D eigenvalue weighted by molar-refractivity contribution is 7.89. The van der Waals surface area contributed by atoms with E-state index in [4.69, 9.17) is 19.6 Å². The topological polar surface area (TPSA) is 143 Å². The van der Waals surface area contributed by atoms with Crippen molar-refractivity contribution in [2.45, 2.75) is 58.9 Å². The van der Waals surface area contributed by atoms with Crippen LogP contribution in [0, 0.1) is 0 Å². The Hall–Kier alpha value is -2.84. The Morgan fingerprint density at radius 3 is 2.46 bits per heavy atom. The molecule has 228 valence electrons. The molecule has 0 aliphatic rings. The molecule has 3 rings (SSSR count). The Kier molecular flexibility index (Phi) is 12.3. The van der Waals surface area contributed by atoms with Gasteiger partial charge < -0.3 is 24.5 Å². The van der Waals surface area contributed by atoms with Gasteiger partial charge in [-0.25, -0.2) is 13.4 Å². The molecule has 0 amide bonds. The summed E-state index contributed by atoms with van der Waals surface area (Å²) in [5.41, 5.74) is 1.71. The lowest BCUT2D eigenvalue weighted by molar-refractivity contribution is 0.0739. The lowest BCUT2D eigenvalue weighted by atomic mass is 10.1. The van der Waals surface area contributed by atoms with Gasteiger partial charge in [0.15, 0.2) is 5.52 Å². The third-order valence-electron chi connectivity index (χ3n) is 6.85. The van der Waals surface area contributed by atoms with E-state index in [1.807, 2.05) is 27.7 Å². The van der Waals surface area contributed by atoms with Crippen molar-refractivity contribution in [2.24, 2.45) is 0 Å². The Labute approximate surface area is 242 Å². The molecule has 13 heteroatoms. The number of hydrogen-bond donors (Lipinski definition) is 2. The number of sulfonamides is 1. The highest BCUT2D eigenvalue weighted by Crippen LogP contribution is 2.32. The van der Waals surface area contributed by atoms with E-state index < -0.39 is 10.0 Å². The highest BCUT2D eigenvalue weighted by atomic mass is 32.2. The smallest absolute Gasteiger partial charge is 0.277 e. The number of fused-ring (bicyclic) bond motifs is 1. The summed E-state index contributed by atoms with van der Waals surface area (Å²) in [7, 11) is -3.87. The number of aliphatic hydroxyl groups is 1. The monoisotopic (exact) mass is 592 g/mol. The second-order valence-electron chi connectivity index (χ2n) is 9.48. The van der Waals surface area contributed by atoms with Crippen LogP contribution in [0.5, 0.6) is 5.75 Å². The maximum atomic E-state index is 13.8. The van der Waals surface area contributed by atoms with Crippen molar-refractivity contribution in [2.75, 3.05) is 59.2 Å². The summed E-state index contributed by atoms with van der Waals surface area (Å²) < 4.78 is 41.8. The van der Waals surface area contributed by atoms with E-state index in [0.29, 0.717) is 74.7 Å². The Balaban J connectivity index is 1.99. The SMILES string of the molecule is CCCc1nn(CC)c2c(=O)[nH]c(-c3cc(S(=O)(=O)N(CC)CCN(CC)CCOCCO)ccc3OCC)nc12. The average Bonchev–Trinajstić information content (AvgIpc) is 3.32. The molecule has 0 spiro atoms. The summed E-state index contributed by atoms with van der Waals surface area (Å²) in [6.45, 7) is 13.7. The molecule has 2 heterocycles. The van der Waals surface area contributed by atoms with Crippen molar-refractivity contribution in [1.29, 1.82) is 0 Å². The van der Waals surface area contributed by atoms with Crippen LogP contribution in [0.25, 0.3) is 22.4 Å². The van der Waals surface area contributed by atoms with E-state index in [2.05, 4.69) is 15.0 Å². The number of aryl methyl sites for hydroxylation is 2. The number of likely N-dealkylation sites (N-methyl/N-ethyl adjacent to an activating group) is 2. The molecular weight excluding hydrogens is 548 g/mol. The first-order chi connectivity index (χ1) is 19.7. The molecule has 0 bridgehead atoms. The summed E-state index contributed by atoms with van der Waals surface area (Å²) in [5, 5.41) is 13.5. The fourth-order valence-corrected chi connectivity index (χ4v) is 6.15. The first-order valence-corrected chi connectivity index (χ1v) is 15.9. The number of rotatable bonds is 18. The van der Waals surface area contributed by atoms with E-state index in [9.17, 15) is 13.2 Å². The van der Waals surface area contributed by atoms with Crippen LogP contribution < -0.4 is 10.3 Å². The van der Waals surface area contributed by atoms with Gasteiger partial charge >= 0.3 is 0 Å². The normalized spacial score (nSPS) is 12.2. The van der Waals surface area contributed by atoms with Gasteiger partial charge in [0.25, 0.3) is 5.56 Å². The molecule has 0 saturated carbocycles. The Bertz CT molecular complexity index is 1440. The maximum absolute atomic E-state index is 13.8. The van der Waals surface area contributed by atoms with Gasteiger partial charge in [-0.2, -0.15) is 9.40 Å². The lowest BCUT2D eigenvalue weighted by Crippen LogP contribution is -2.39. The summed E-state index contributed by atoms with van der Waals surface area (Å²) in [6, 6.07) is 4.67. The molecule has 12 nitrogen and oxygen atoms in total. The second kappa shape index (κ2) is 15.4. The number of nitrogens with zero attached hydrogens (tertiary/aromatic N) is 5. The van der Waals surface area contributed by atoms with Crippen LogP contribution in [-0.4, -0.2) is 102 Å². The number of aromatic nitrogens is 4. The van der Waals surface area contributed by atoms with Crippen LogP contribution >= 0.6 is 0 Å². The zero-order valence-electron chi connectivity index (χ0n) is 24.9. The molecule has 0 saturated heterocycles. The predicted octanol–water partition coefficient (Wildman–Crippen LogP) is 2.50. The van der Waals surface area contributed by atoms with Crippen LogP contribution in [-0.2, 0) is 27.7 Å². The summed E-state index contributed by atoms with van der Waals surface area (Å²) in [4.78, 5) is 23.0. The largest absolute Gasteiger partial charge is 0.493 e. The molecular formula is C28H44N6O6S. The molecule has 0 unspecified atom stereocenters. The first kappa shape index (κ1) is 32.7. The molecule has 2 aromatic heterocycles. The Morgan fingerprint density at radius 1 is 1.05 bits per heavy atom. The van der Waals surface area contributed by atoms with Crippen LogP contribution in [0.15, 0.2) is 27.9 Å². The van der Waals surface area contributed by atoms with Crippen molar-refractivity contribution in [3.05, 3.63) is 34.2 Å². The minimum absolute atomic E-state index is 0.0302. The molecule has 41 heavy (non-hydrogen) atoms. The number of nitrogens with one attached hydrogen (secondary N) is 1. The fraction of sp³-hybridized carbons (Fsp3) is 0.607. The average molecular weight is 593 g/mol. The van der Waals surface area contributed by atoms with Crippen molar-refractivity contribution < 1.29 is 23.0 Å². The van der Waals surface area contributed by atoms with Crippen molar-refractivity contribution in [3.8, 4) is 17.1 Å². The molecule has 0 aliphatic heterocycles. The van der Waals surface area contributed by atoms with Crippen LogP contribution in [0.2, 0.25) is 0 Å². The fourth-order valence-electron chi connectivity index (χ4n) is 4.69. The van der Waals surface area contributed by atoms with Gasteiger partial charge in [0.05, 0.1) is 42.6 Å². The standard InChI is InChI=1S/C28H44N6O6S/c1-6-11-23-25-26(34(9-4)31-23)28(36)30-27(29-25)22-20-21(12-13-24(22)40-10-5)41(37,38)33(8-3)15-14-32(7-2)16-18-39-19-17-35/h12-13,20,35H,6-11,14-19H2,1-5H3,(H,29,30,36). The molecule has 0 atom stereocenters. The van der Waals surface area contributed by atoms with E-state index in [1.54, 1.807) is 17.7 Å². The first-order valence-electron chi connectivity index (χ1n) is 14.4. The Morgan fingerprint density at radius 2 is 1.83 bits per heavy atom. The van der Waals surface area contributed by atoms with Gasteiger partial charge in [0, 0.05) is 32.7 Å². The van der Waals surface area contributed by atoms with E-state index in [-0.39, 0.29) is 29.5 Å². The minimum Gasteiger partial charge on any atom is -0.493 e. The van der Waals surface area contributed by atoms with Crippen LogP contribution in [0.1, 0.15) is 46.7 Å².